The van der Waals surface area contributed by atoms with Gasteiger partial charge in [-0.25, -0.2) is 8.78 Å². The number of carbonyl (C=O) groups is 2. The standard InChI is InChI=1S/C20H24F8O4/c1-5-6-13(4)14(8-7-12(2)3)32-16(30)10-9-15(29)31-11-18(23,24)20(27,28)19(25,26)17(21)22/h13-14,17H,2,5-6,9-11H2,1,3-4H3. The van der Waals surface area contributed by atoms with Crippen LogP contribution in [0.15, 0.2) is 12.2 Å². The van der Waals surface area contributed by atoms with Gasteiger partial charge < -0.3 is 9.47 Å². The third-order valence-corrected chi connectivity index (χ3v) is 4.05. The zero-order valence-electron chi connectivity index (χ0n) is 17.6. The molecule has 184 valence electrons. The van der Waals surface area contributed by atoms with Crippen molar-refractivity contribution in [2.75, 3.05) is 6.61 Å². The first kappa shape index (κ1) is 29.7. The van der Waals surface area contributed by atoms with E-state index in [4.69, 9.17) is 4.74 Å². The van der Waals surface area contributed by atoms with Crippen molar-refractivity contribution in [1.82, 2.24) is 0 Å². The molecule has 0 amide bonds. The molecule has 0 heterocycles. The maximum absolute atomic E-state index is 13.3. The van der Waals surface area contributed by atoms with Gasteiger partial charge in [-0.2, -0.15) is 26.3 Å². The Bertz CT molecular complexity index is 725. The van der Waals surface area contributed by atoms with Crippen molar-refractivity contribution in [2.45, 2.75) is 76.8 Å². The molecule has 0 radical (unpaired) electrons. The highest BCUT2D eigenvalue weighted by Gasteiger charge is 2.75. The number of halogens is 8. The highest BCUT2D eigenvalue weighted by molar-refractivity contribution is 5.77. The second-order valence-electron chi connectivity index (χ2n) is 7.09. The monoisotopic (exact) mass is 480 g/mol. The van der Waals surface area contributed by atoms with Gasteiger partial charge in [0.25, 0.3) is 0 Å². The molecule has 0 saturated heterocycles. The van der Waals surface area contributed by atoms with E-state index in [0.717, 1.165) is 6.42 Å². The third kappa shape index (κ3) is 8.31. The molecule has 0 N–H and O–H groups in total. The van der Waals surface area contributed by atoms with Crippen LogP contribution < -0.4 is 0 Å². The van der Waals surface area contributed by atoms with E-state index in [9.17, 15) is 44.7 Å². The molecule has 0 aromatic heterocycles. The fourth-order valence-corrected chi connectivity index (χ4v) is 2.21. The second-order valence-corrected chi connectivity index (χ2v) is 7.09. The molecule has 12 heteroatoms. The first-order valence-electron chi connectivity index (χ1n) is 9.43. The summed E-state index contributed by atoms with van der Waals surface area (Å²) in [6, 6.07) is 0. The van der Waals surface area contributed by atoms with Crippen LogP contribution in [0.1, 0.15) is 46.5 Å². The molecule has 2 atom stereocenters. The van der Waals surface area contributed by atoms with Crippen molar-refractivity contribution >= 4 is 11.9 Å². The average molecular weight is 480 g/mol. The minimum absolute atomic E-state index is 0.194. The van der Waals surface area contributed by atoms with Crippen molar-refractivity contribution < 1.29 is 54.2 Å². The van der Waals surface area contributed by atoms with Gasteiger partial charge in [0.05, 0.1) is 12.8 Å². The van der Waals surface area contributed by atoms with E-state index >= 15 is 0 Å². The van der Waals surface area contributed by atoms with Gasteiger partial charge >= 0.3 is 36.1 Å². The summed E-state index contributed by atoms with van der Waals surface area (Å²) >= 11 is 0. The number of allylic oxidation sites excluding steroid dienone is 1. The Hall–Kier alpha value is -2.32. The topological polar surface area (TPSA) is 52.6 Å². The van der Waals surface area contributed by atoms with Gasteiger partial charge in [0.15, 0.2) is 12.7 Å². The lowest BCUT2D eigenvalue weighted by molar-refractivity contribution is -0.344. The molecular formula is C20H24F8O4. The molecule has 2 unspecified atom stereocenters. The smallest absolute Gasteiger partial charge is 0.381 e. The third-order valence-electron chi connectivity index (χ3n) is 4.05. The van der Waals surface area contributed by atoms with Crippen LogP contribution in [-0.2, 0) is 19.1 Å². The van der Waals surface area contributed by atoms with Gasteiger partial charge in [-0.15, -0.1) is 0 Å². The minimum atomic E-state index is -6.49. The van der Waals surface area contributed by atoms with Gasteiger partial charge in [-0.05, 0) is 18.9 Å². The van der Waals surface area contributed by atoms with Crippen LogP contribution in [0.25, 0.3) is 0 Å². The van der Waals surface area contributed by atoms with Crippen molar-refractivity contribution in [3.8, 4) is 11.8 Å². The molecule has 0 fully saturated rings. The molecular weight excluding hydrogens is 456 g/mol. The van der Waals surface area contributed by atoms with Crippen LogP contribution in [0, 0.1) is 17.8 Å². The Kier molecular flexibility index (Phi) is 11.2. The Labute approximate surface area is 180 Å². The van der Waals surface area contributed by atoms with E-state index in [1.54, 1.807) is 13.8 Å². The van der Waals surface area contributed by atoms with Crippen LogP contribution in [0.3, 0.4) is 0 Å². The summed E-state index contributed by atoms with van der Waals surface area (Å²) in [5, 5.41) is 0. The van der Waals surface area contributed by atoms with E-state index in [-0.39, 0.29) is 5.92 Å². The number of esters is 2. The zero-order valence-corrected chi connectivity index (χ0v) is 17.6. The number of alkyl halides is 8. The van der Waals surface area contributed by atoms with E-state index in [1.165, 1.54) is 0 Å². The van der Waals surface area contributed by atoms with E-state index in [1.807, 2.05) is 6.92 Å². The molecule has 32 heavy (non-hydrogen) atoms. The molecule has 0 spiro atoms. The van der Waals surface area contributed by atoms with E-state index in [2.05, 4.69) is 23.2 Å². The van der Waals surface area contributed by atoms with E-state index in [0.29, 0.717) is 12.0 Å². The van der Waals surface area contributed by atoms with Crippen molar-refractivity contribution in [3.63, 3.8) is 0 Å². The number of ether oxygens (including phenoxy) is 2. The highest BCUT2D eigenvalue weighted by atomic mass is 19.4. The first-order chi connectivity index (χ1) is 14.5. The van der Waals surface area contributed by atoms with Gasteiger partial charge in [-0.1, -0.05) is 38.7 Å². The lowest BCUT2D eigenvalue weighted by Gasteiger charge is -2.31. The minimum Gasteiger partial charge on any atom is -0.459 e. The van der Waals surface area contributed by atoms with Gasteiger partial charge in [-0.3, -0.25) is 9.59 Å². The maximum Gasteiger partial charge on any atom is 0.381 e. The normalized spacial score (nSPS) is 14.2. The van der Waals surface area contributed by atoms with Crippen LogP contribution >= 0.6 is 0 Å². The predicted molar refractivity (Wildman–Crippen MR) is 97.6 cm³/mol. The fourth-order valence-electron chi connectivity index (χ4n) is 2.21. The molecule has 0 aromatic carbocycles. The molecule has 0 aliphatic carbocycles. The Morgan fingerprint density at radius 3 is 2.03 bits per heavy atom. The summed E-state index contributed by atoms with van der Waals surface area (Å²) in [6.07, 6.45) is -6.18. The summed E-state index contributed by atoms with van der Waals surface area (Å²) < 4.78 is 111. The van der Waals surface area contributed by atoms with Crippen LogP contribution in [-0.4, -0.2) is 48.8 Å². The largest absolute Gasteiger partial charge is 0.459 e. The summed E-state index contributed by atoms with van der Waals surface area (Å²) in [6.45, 7) is 6.24. The highest BCUT2D eigenvalue weighted by Crippen LogP contribution is 2.48. The fraction of sp³-hybridized carbons (Fsp3) is 0.700. The summed E-state index contributed by atoms with van der Waals surface area (Å²) in [4.78, 5) is 23.4. The SMILES string of the molecule is C=C(C)C#CC(OC(=O)CCC(=O)OCC(F)(F)C(F)(F)C(F)(F)C(F)F)C(C)CCC. The lowest BCUT2D eigenvalue weighted by atomic mass is 9.99. The van der Waals surface area contributed by atoms with Gasteiger partial charge in [0, 0.05) is 5.92 Å². The Balaban J connectivity index is 4.90. The summed E-state index contributed by atoms with van der Waals surface area (Å²) in [5.74, 6) is -16.1. The van der Waals surface area contributed by atoms with Gasteiger partial charge in [0.2, 0.25) is 0 Å². The number of hydrogen-bond acceptors (Lipinski definition) is 4. The quantitative estimate of drug-likeness (QED) is 0.213. The molecule has 0 aliphatic rings. The molecule has 0 aromatic rings. The Morgan fingerprint density at radius 1 is 1.03 bits per heavy atom. The first-order valence-corrected chi connectivity index (χ1v) is 9.43. The predicted octanol–water partition coefficient (Wildman–Crippen LogP) is 5.41. The zero-order chi connectivity index (χ0) is 25.3. The summed E-state index contributed by atoms with van der Waals surface area (Å²) in [7, 11) is 0. The van der Waals surface area contributed by atoms with Crippen molar-refractivity contribution in [2.24, 2.45) is 5.92 Å². The van der Waals surface area contributed by atoms with E-state index < -0.39 is 61.7 Å². The maximum atomic E-state index is 13.3. The van der Waals surface area contributed by atoms with Gasteiger partial charge in [0.1, 0.15) is 0 Å². The summed E-state index contributed by atoms with van der Waals surface area (Å²) in [5.41, 5.74) is 0.494. The number of rotatable bonds is 12. The molecule has 0 saturated carbocycles. The molecule has 4 nitrogen and oxygen atoms in total. The van der Waals surface area contributed by atoms with Crippen molar-refractivity contribution in [3.05, 3.63) is 12.2 Å². The Morgan fingerprint density at radius 2 is 1.56 bits per heavy atom. The number of hydrogen-bond donors (Lipinski definition) is 0. The van der Waals surface area contributed by atoms with Crippen LogP contribution in [0.2, 0.25) is 0 Å². The molecule has 0 rings (SSSR count). The molecule has 0 bridgehead atoms. The van der Waals surface area contributed by atoms with Crippen LogP contribution in [0.4, 0.5) is 35.1 Å². The van der Waals surface area contributed by atoms with Crippen LogP contribution in [0.5, 0.6) is 0 Å². The second kappa shape index (κ2) is 12.1. The van der Waals surface area contributed by atoms with Crippen molar-refractivity contribution in [1.29, 1.82) is 0 Å². The lowest BCUT2D eigenvalue weighted by Crippen LogP contribution is -2.59. The molecule has 0 aliphatic heterocycles. The average Bonchev–Trinajstić information content (AvgIpc) is 2.67. The number of carbonyl (C=O) groups excluding carboxylic acids is 2.